The van der Waals surface area contributed by atoms with Crippen LogP contribution in [-0.4, -0.2) is 8.42 Å². The molecule has 1 heterocycles. The summed E-state index contributed by atoms with van der Waals surface area (Å²) in [5.74, 6) is 1.52. The van der Waals surface area contributed by atoms with Gasteiger partial charge in [-0.05, 0) is 55.7 Å². The van der Waals surface area contributed by atoms with Gasteiger partial charge in [-0.1, -0.05) is 79.7 Å². The highest BCUT2D eigenvalue weighted by atomic mass is 32.2. The first-order valence-corrected chi connectivity index (χ1v) is 13.8. The first-order chi connectivity index (χ1) is 17.3. The molecule has 4 aromatic rings. The van der Waals surface area contributed by atoms with Crippen LogP contribution in [0.4, 0.5) is 5.69 Å². The van der Waals surface area contributed by atoms with Crippen LogP contribution in [0.15, 0.2) is 106 Å². The summed E-state index contributed by atoms with van der Waals surface area (Å²) in [6.07, 6.45) is 1.62. The van der Waals surface area contributed by atoms with Crippen molar-refractivity contribution in [3.05, 3.63) is 131 Å². The first-order valence-electron chi connectivity index (χ1n) is 12.4. The SMILES string of the molecule is C=C1[C@H](c2ccccc2)c2c(C)oc(CCC)c2[C@H]1N(c1ccccc1)S(=O)(=O)c1ccc(C)cc1. The van der Waals surface area contributed by atoms with E-state index in [1.54, 1.807) is 16.4 Å². The number of furan rings is 1. The van der Waals surface area contributed by atoms with Gasteiger partial charge in [0.1, 0.15) is 11.5 Å². The Morgan fingerprint density at radius 3 is 2.08 bits per heavy atom. The van der Waals surface area contributed by atoms with Crippen molar-refractivity contribution in [1.29, 1.82) is 0 Å². The molecule has 5 heteroatoms. The number of hydrogen-bond acceptors (Lipinski definition) is 3. The maximum Gasteiger partial charge on any atom is 0.265 e. The third-order valence-corrected chi connectivity index (χ3v) is 8.77. The number of hydrogen-bond donors (Lipinski definition) is 0. The van der Waals surface area contributed by atoms with E-state index in [1.165, 1.54) is 0 Å². The summed E-state index contributed by atoms with van der Waals surface area (Å²) < 4.78 is 36.6. The van der Waals surface area contributed by atoms with E-state index in [2.05, 4.69) is 25.6 Å². The molecule has 1 aromatic heterocycles. The highest BCUT2D eigenvalue weighted by Crippen LogP contribution is 2.55. The third-order valence-electron chi connectivity index (χ3n) is 6.96. The zero-order chi connectivity index (χ0) is 25.4. The summed E-state index contributed by atoms with van der Waals surface area (Å²) in [5.41, 5.74) is 5.51. The van der Waals surface area contributed by atoms with Crippen molar-refractivity contribution in [3.8, 4) is 0 Å². The number of fused-ring (bicyclic) bond motifs is 1. The summed E-state index contributed by atoms with van der Waals surface area (Å²) in [6.45, 7) is 10.6. The maximum absolute atomic E-state index is 14.4. The Morgan fingerprint density at radius 2 is 1.47 bits per heavy atom. The second-order valence-corrected chi connectivity index (χ2v) is 11.2. The molecule has 0 N–H and O–H groups in total. The van der Waals surface area contributed by atoms with Gasteiger partial charge in [0.25, 0.3) is 10.0 Å². The summed E-state index contributed by atoms with van der Waals surface area (Å²) in [6, 6.07) is 25.9. The summed E-state index contributed by atoms with van der Waals surface area (Å²) in [5, 5.41) is 0. The van der Waals surface area contributed by atoms with Crippen LogP contribution in [0, 0.1) is 13.8 Å². The lowest BCUT2D eigenvalue weighted by atomic mass is 9.90. The van der Waals surface area contributed by atoms with Gasteiger partial charge < -0.3 is 4.42 Å². The van der Waals surface area contributed by atoms with Gasteiger partial charge in [0, 0.05) is 23.5 Å². The Kier molecular flexibility index (Phi) is 6.35. The molecule has 0 unspecified atom stereocenters. The molecule has 2 atom stereocenters. The molecule has 3 aromatic carbocycles. The fourth-order valence-electron chi connectivity index (χ4n) is 5.35. The molecule has 0 saturated heterocycles. The van der Waals surface area contributed by atoms with Crippen molar-refractivity contribution in [2.45, 2.75) is 50.5 Å². The van der Waals surface area contributed by atoms with E-state index in [0.717, 1.165) is 52.2 Å². The minimum Gasteiger partial charge on any atom is -0.466 e. The molecule has 1 aliphatic carbocycles. The van der Waals surface area contributed by atoms with Gasteiger partial charge in [-0.25, -0.2) is 8.42 Å². The standard InChI is InChI=1S/C31H31NO3S/c1-5-12-27-30-29(23(4)35-27)28(24-13-8-6-9-14-24)22(3)31(30)32(25-15-10-7-11-16-25)36(33,34)26-19-17-21(2)18-20-26/h6-11,13-20,28,31H,3,5,12H2,1-2,4H3/t28-,31+/m1/s1. The van der Waals surface area contributed by atoms with Crippen LogP contribution in [0.3, 0.4) is 0 Å². The maximum atomic E-state index is 14.4. The molecule has 4 nitrogen and oxygen atoms in total. The van der Waals surface area contributed by atoms with Crippen molar-refractivity contribution in [1.82, 2.24) is 0 Å². The number of para-hydroxylation sites is 1. The molecule has 0 spiro atoms. The number of nitrogens with zero attached hydrogens (tertiary/aromatic N) is 1. The van der Waals surface area contributed by atoms with E-state index < -0.39 is 16.1 Å². The minimum atomic E-state index is -3.93. The molecular weight excluding hydrogens is 466 g/mol. The molecule has 36 heavy (non-hydrogen) atoms. The highest BCUT2D eigenvalue weighted by Gasteiger charge is 2.47. The average molecular weight is 498 g/mol. The van der Waals surface area contributed by atoms with Crippen LogP contribution < -0.4 is 4.31 Å². The van der Waals surface area contributed by atoms with E-state index in [0.29, 0.717) is 5.69 Å². The Balaban J connectivity index is 1.77. The first kappa shape index (κ1) is 24.1. The van der Waals surface area contributed by atoms with Gasteiger partial charge in [-0.3, -0.25) is 4.31 Å². The van der Waals surface area contributed by atoms with Crippen molar-refractivity contribution < 1.29 is 12.8 Å². The van der Waals surface area contributed by atoms with Gasteiger partial charge >= 0.3 is 0 Å². The molecule has 0 saturated carbocycles. The van der Waals surface area contributed by atoms with E-state index in [4.69, 9.17) is 4.42 Å². The monoisotopic (exact) mass is 497 g/mol. The van der Waals surface area contributed by atoms with Crippen molar-refractivity contribution >= 4 is 15.7 Å². The quantitative estimate of drug-likeness (QED) is 0.249. The lowest BCUT2D eigenvalue weighted by molar-refractivity contribution is 0.469. The summed E-state index contributed by atoms with van der Waals surface area (Å²) in [4.78, 5) is 0.256. The van der Waals surface area contributed by atoms with E-state index in [9.17, 15) is 8.42 Å². The Morgan fingerprint density at radius 1 is 0.861 bits per heavy atom. The van der Waals surface area contributed by atoms with Crippen molar-refractivity contribution in [2.24, 2.45) is 0 Å². The van der Waals surface area contributed by atoms with Gasteiger partial charge in [0.05, 0.1) is 16.6 Å². The van der Waals surface area contributed by atoms with Crippen molar-refractivity contribution in [2.75, 3.05) is 4.31 Å². The van der Waals surface area contributed by atoms with Crippen LogP contribution in [0.5, 0.6) is 0 Å². The molecule has 0 amide bonds. The predicted molar refractivity (Wildman–Crippen MR) is 145 cm³/mol. The zero-order valence-electron chi connectivity index (χ0n) is 20.9. The molecule has 5 rings (SSSR count). The number of rotatable bonds is 7. The van der Waals surface area contributed by atoms with E-state index in [-0.39, 0.29) is 10.8 Å². The van der Waals surface area contributed by atoms with Crippen LogP contribution in [0.1, 0.15) is 59.1 Å². The van der Waals surface area contributed by atoms with Gasteiger partial charge in [0.2, 0.25) is 0 Å². The second-order valence-electron chi connectivity index (χ2n) is 9.43. The third kappa shape index (κ3) is 3.97. The summed E-state index contributed by atoms with van der Waals surface area (Å²) in [7, 11) is -3.93. The molecule has 0 radical (unpaired) electrons. The van der Waals surface area contributed by atoms with Gasteiger partial charge in [0.15, 0.2) is 0 Å². The van der Waals surface area contributed by atoms with Crippen molar-refractivity contribution in [3.63, 3.8) is 0 Å². The number of sulfonamides is 1. The predicted octanol–water partition coefficient (Wildman–Crippen LogP) is 7.49. The fraction of sp³-hybridized carbons (Fsp3) is 0.226. The van der Waals surface area contributed by atoms with Crippen LogP contribution in [-0.2, 0) is 16.4 Å². The zero-order valence-corrected chi connectivity index (χ0v) is 21.8. The minimum absolute atomic E-state index is 0.153. The second kappa shape index (κ2) is 9.47. The molecule has 1 aliphatic rings. The summed E-state index contributed by atoms with van der Waals surface area (Å²) >= 11 is 0. The topological polar surface area (TPSA) is 50.5 Å². The fourth-order valence-corrected chi connectivity index (χ4v) is 6.98. The molecule has 0 bridgehead atoms. The number of benzene rings is 3. The normalized spacial score (nSPS) is 17.2. The van der Waals surface area contributed by atoms with E-state index >= 15 is 0 Å². The average Bonchev–Trinajstić information content (AvgIpc) is 3.35. The number of anilines is 1. The Hall–Kier alpha value is -3.57. The van der Waals surface area contributed by atoms with Gasteiger partial charge in [-0.2, -0.15) is 0 Å². The molecule has 184 valence electrons. The smallest absolute Gasteiger partial charge is 0.265 e. The van der Waals surface area contributed by atoms with Crippen LogP contribution >= 0.6 is 0 Å². The van der Waals surface area contributed by atoms with Crippen LogP contribution in [0.25, 0.3) is 0 Å². The molecule has 0 aliphatic heterocycles. The van der Waals surface area contributed by atoms with Gasteiger partial charge in [-0.15, -0.1) is 0 Å². The van der Waals surface area contributed by atoms with E-state index in [1.807, 2.05) is 74.5 Å². The lowest BCUT2D eigenvalue weighted by Gasteiger charge is -2.32. The van der Waals surface area contributed by atoms with Crippen LogP contribution in [0.2, 0.25) is 0 Å². The Labute approximate surface area is 214 Å². The molecule has 0 fully saturated rings. The lowest BCUT2D eigenvalue weighted by Crippen LogP contribution is -2.35. The number of aryl methyl sites for hydroxylation is 3. The Bertz CT molecular complexity index is 1490. The molecular formula is C31H31NO3S. The largest absolute Gasteiger partial charge is 0.466 e. The highest BCUT2D eigenvalue weighted by molar-refractivity contribution is 7.92.